The minimum atomic E-state index is -3.76. The van der Waals surface area contributed by atoms with E-state index in [9.17, 15) is 18.0 Å². The number of carbonyl (C=O) groups excluding carboxylic acids is 2. The average molecular weight is 361 g/mol. The summed E-state index contributed by atoms with van der Waals surface area (Å²) in [5.41, 5.74) is 0.200. The van der Waals surface area contributed by atoms with Gasteiger partial charge in [-0.15, -0.1) is 0 Å². The standard InChI is InChI=1S/C14H17ClN2O5S/c1-22-14(19)9-3-6-11(15)12(7-9)17(23(2,20)21)8-13(18)16-10-4-5-10/h3,6-7,10H,4-5,8H2,1-2H3,(H,16,18). The van der Waals surface area contributed by atoms with Crippen LogP contribution >= 0.6 is 11.6 Å². The Labute approximate surface area is 139 Å². The zero-order valence-corrected chi connectivity index (χ0v) is 14.3. The number of anilines is 1. The molecule has 23 heavy (non-hydrogen) atoms. The highest BCUT2D eigenvalue weighted by molar-refractivity contribution is 7.92. The van der Waals surface area contributed by atoms with E-state index in [0.717, 1.165) is 23.4 Å². The van der Waals surface area contributed by atoms with Crippen molar-refractivity contribution in [2.24, 2.45) is 0 Å². The van der Waals surface area contributed by atoms with E-state index < -0.39 is 28.4 Å². The van der Waals surface area contributed by atoms with Crippen molar-refractivity contribution in [2.45, 2.75) is 18.9 Å². The maximum atomic E-state index is 12.0. The van der Waals surface area contributed by atoms with Gasteiger partial charge in [-0.2, -0.15) is 0 Å². The first kappa shape index (κ1) is 17.6. The SMILES string of the molecule is COC(=O)c1ccc(Cl)c(N(CC(=O)NC2CC2)S(C)(=O)=O)c1. The van der Waals surface area contributed by atoms with Gasteiger partial charge in [0.1, 0.15) is 6.54 Å². The lowest BCUT2D eigenvalue weighted by Gasteiger charge is -2.23. The molecule has 0 spiro atoms. The fourth-order valence-electron chi connectivity index (χ4n) is 1.96. The maximum absolute atomic E-state index is 12.0. The molecule has 0 atom stereocenters. The largest absolute Gasteiger partial charge is 0.465 e. The van der Waals surface area contributed by atoms with Gasteiger partial charge in [-0.3, -0.25) is 9.10 Å². The van der Waals surface area contributed by atoms with E-state index in [1.165, 1.54) is 25.3 Å². The number of hydrogen-bond acceptors (Lipinski definition) is 5. The van der Waals surface area contributed by atoms with Crippen LogP contribution in [0.1, 0.15) is 23.2 Å². The van der Waals surface area contributed by atoms with Gasteiger partial charge in [0.25, 0.3) is 0 Å². The summed E-state index contributed by atoms with van der Waals surface area (Å²) in [6.45, 7) is -0.403. The van der Waals surface area contributed by atoms with Crippen molar-refractivity contribution in [1.29, 1.82) is 0 Å². The maximum Gasteiger partial charge on any atom is 0.337 e. The molecule has 1 saturated carbocycles. The van der Waals surface area contributed by atoms with Crippen molar-refractivity contribution in [3.63, 3.8) is 0 Å². The molecular formula is C14H17ClN2O5S. The number of hydrogen-bond donors (Lipinski definition) is 1. The van der Waals surface area contributed by atoms with E-state index in [1.54, 1.807) is 0 Å². The van der Waals surface area contributed by atoms with Crippen LogP contribution in [0, 0.1) is 0 Å². The summed E-state index contributed by atoms with van der Waals surface area (Å²) in [5, 5.41) is 2.83. The van der Waals surface area contributed by atoms with Gasteiger partial charge >= 0.3 is 5.97 Å². The molecule has 126 valence electrons. The van der Waals surface area contributed by atoms with Gasteiger partial charge in [0, 0.05) is 6.04 Å². The average Bonchev–Trinajstić information content (AvgIpc) is 3.27. The number of sulfonamides is 1. The van der Waals surface area contributed by atoms with Crippen molar-refractivity contribution in [3.8, 4) is 0 Å². The van der Waals surface area contributed by atoms with Gasteiger partial charge in [-0.1, -0.05) is 11.6 Å². The zero-order chi connectivity index (χ0) is 17.2. The molecular weight excluding hydrogens is 344 g/mol. The summed E-state index contributed by atoms with van der Waals surface area (Å²) in [6.07, 6.45) is 2.75. The highest BCUT2D eigenvalue weighted by atomic mass is 35.5. The Morgan fingerprint density at radius 1 is 1.39 bits per heavy atom. The first-order chi connectivity index (χ1) is 10.7. The predicted octanol–water partition coefficient (Wildman–Crippen LogP) is 1.17. The first-order valence-electron chi connectivity index (χ1n) is 6.87. The summed E-state index contributed by atoms with van der Waals surface area (Å²) < 4.78 is 29.6. The lowest BCUT2D eigenvalue weighted by Crippen LogP contribution is -2.41. The highest BCUT2D eigenvalue weighted by Gasteiger charge is 2.28. The third-order valence-electron chi connectivity index (χ3n) is 3.27. The molecule has 7 nitrogen and oxygen atoms in total. The van der Waals surface area contributed by atoms with Crippen molar-refractivity contribution >= 4 is 39.2 Å². The van der Waals surface area contributed by atoms with E-state index in [1.807, 2.05) is 0 Å². The second-order valence-electron chi connectivity index (χ2n) is 5.27. The van der Waals surface area contributed by atoms with Gasteiger partial charge in [-0.25, -0.2) is 13.2 Å². The van der Waals surface area contributed by atoms with Gasteiger partial charge in [0.05, 0.1) is 29.6 Å². The minimum absolute atomic E-state index is 0.0583. The van der Waals surface area contributed by atoms with Crippen LogP contribution < -0.4 is 9.62 Å². The number of nitrogens with one attached hydrogen (secondary N) is 1. The Morgan fingerprint density at radius 3 is 2.57 bits per heavy atom. The molecule has 1 aliphatic rings. The quantitative estimate of drug-likeness (QED) is 0.769. The molecule has 1 aromatic carbocycles. The summed E-state index contributed by atoms with van der Waals surface area (Å²) in [7, 11) is -2.55. The third kappa shape index (κ3) is 4.59. The number of rotatable bonds is 6. The van der Waals surface area contributed by atoms with Crippen LogP contribution in [0.15, 0.2) is 18.2 Å². The van der Waals surface area contributed by atoms with E-state index in [-0.39, 0.29) is 22.3 Å². The number of amides is 1. The zero-order valence-electron chi connectivity index (χ0n) is 12.7. The van der Waals surface area contributed by atoms with E-state index in [4.69, 9.17) is 11.6 Å². The van der Waals surface area contributed by atoms with Crippen LogP contribution in [-0.2, 0) is 19.6 Å². The molecule has 1 N–H and O–H groups in total. The highest BCUT2D eigenvalue weighted by Crippen LogP contribution is 2.29. The molecule has 1 aliphatic carbocycles. The first-order valence-corrected chi connectivity index (χ1v) is 9.10. The predicted molar refractivity (Wildman–Crippen MR) is 86.1 cm³/mol. The number of nitrogens with zero attached hydrogens (tertiary/aromatic N) is 1. The summed E-state index contributed by atoms with van der Waals surface area (Å²) in [4.78, 5) is 23.6. The van der Waals surface area contributed by atoms with Crippen molar-refractivity contribution in [3.05, 3.63) is 28.8 Å². The molecule has 0 aliphatic heterocycles. The fraction of sp³-hybridized carbons (Fsp3) is 0.429. The Morgan fingerprint density at radius 2 is 2.04 bits per heavy atom. The van der Waals surface area contributed by atoms with Crippen LogP contribution in [-0.4, -0.2) is 46.2 Å². The van der Waals surface area contributed by atoms with Gasteiger partial charge < -0.3 is 10.1 Å². The molecule has 0 radical (unpaired) electrons. The van der Waals surface area contributed by atoms with Crippen LogP contribution in [0.25, 0.3) is 0 Å². The summed E-state index contributed by atoms with van der Waals surface area (Å²) in [5.74, 6) is -1.05. The summed E-state index contributed by atoms with van der Waals surface area (Å²) in [6, 6.07) is 4.21. The van der Waals surface area contributed by atoms with Crippen molar-refractivity contribution in [2.75, 3.05) is 24.2 Å². The second-order valence-corrected chi connectivity index (χ2v) is 7.58. The van der Waals surface area contributed by atoms with Gasteiger partial charge in [-0.05, 0) is 31.0 Å². The van der Waals surface area contributed by atoms with Gasteiger partial charge in [0.2, 0.25) is 15.9 Å². The summed E-state index contributed by atoms with van der Waals surface area (Å²) >= 11 is 6.06. The Bertz CT molecular complexity index is 731. The third-order valence-corrected chi connectivity index (χ3v) is 4.71. The number of methoxy groups -OCH3 is 1. The fourth-order valence-corrected chi connectivity index (χ4v) is 3.09. The topological polar surface area (TPSA) is 92.8 Å². The second kappa shape index (κ2) is 6.76. The smallest absolute Gasteiger partial charge is 0.337 e. The van der Waals surface area contributed by atoms with Crippen LogP contribution in [0.5, 0.6) is 0 Å². The molecule has 1 amide bonds. The number of benzene rings is 1. The van der Waals surface area contributed by atoms with Crippen LogP contribution in [0.3, 0.4) is 0 Å². The molecule has 9 heteroatoms. The number of halogens is 1. The van der Waals surface area contributed by atoms with Crippen LogP contribution in [0.4, 0.5) is 5.69 Å². The molecule has 1 aromatic rings. The molecule has 0 unspecified atom stereocenters. The number of esters is 1. The van der Waals surface area contributed by atoms with Crippen molar-refractivity contribution < 1.29 is 22.7 Å². The van der Waals surface area contributed by atoms with E-state index >= 15 is 0 Å². The number of ether oxygens (including phenoxy) is 1. The molecule has 0 aromatic heterocycles. The Kier molecular flexibility index (Phi) is 5.16. The molecule has 1 fully saturated rings. The lowest BCUT2D eigenvalue weighted by molar-refractivity contribution is -0.119. The van der Waals surface area contributed by atoms with E-state index in [0.29, 0.717) is 0 Å². The molecule has 0 saturated heterocycles. The van der Waals surface area contributed by atoms with Crippen molar-refractivity contribution in [1.82, 2.24) is 5.32 Å². The number of carbonyl (C=O) groups is 2. The lowest BCUT2D eigenvalue weighted by atomic mass is 10.2. The Balaban J connectivity index is 2.34. The molecule has 0 heterocycles. The molecule has 0 bridgehead atoms. The monoisotopic (exact) mass is 360 g/mol. The van der Waals surface area contributed by atoms with Crippen LogP contribution in [0.2, 0.25) is 5.02 Å². The van der Waals surface area contributed by atoms with Gasteiger partial charge in [0.15, 0.2) is 0 Å². The van der Waals surface area contributed by atoms with E-state index in [2.05, 4.69) is 10.1 Å². The minimum Gasteiger partial charge on any atom is -0.465 e. The Hall–Kier alpha value is -1.80. The molecule has 2 rings (SSSR count). The normalized spacial score (nSPS) is 14.2.